The highest BCUT2D eigenvalue weighted by Crippen LogP contribution is 1.99. The zero-order chi connectivity index (χ0) is 5.86. The van der Waals surface area contributed by atoms with Gasteiger partial charge in [-0.15, -0.1) is 23.2 Å². The van der Waals surface area contributed by atoms with Crippen LogP contribution in [0.3, 0.4) is 0 Å². The molecule has 0 radical (unpaired) electrons. The van der Waals surface area contributed by atoms with Crippen LogP contribution < -0.4 is 0 Å². The van der Waals surface area contributed by atoms with Gasteiger partial charge >= 0.3 is 0 Å². The van der Waals surface area contributed by atoms with Gasteiger partial charge in [0.05, 0.1) is 5.75 Å². The minimum atomic E-state index is -2.40. The van der Waals surface area contributed by atoms with Crippen LogP contribution >= 0.6 is 23.2 Å². The molecule has 0 aromatic carbocycles. The van der Waals surface area contributed by atoms with Crippen molar-refractivity contribution in [1.29, 1.82) is 0 Å². The first kappa shape index (κ1) is 7.53. The largest absolute Gasteiger partial charge is 0.232 e. The quantitative estimate of drug-likeness (QED) is 0.472. The lowest BCUT2D eigenvalue weighted by Crippen LogP contribution is -1.96. The van der Waals surface area contributed by atoms with Crippen LogP contribution in [0.5, 0.6) is 0 Å². The Balaban J connectivity index is 3.32. The van der Waals surface area contributed by atoms with E-state index in [4.69, 9.17) is 23.2 Å². The van der Waals surface area contributed by atoms with E-state index in [1.54, 1.807) is 0 Å². The molecule has 0 fully saturated rings. The number of halogens is 2. The van der Waals surface area contributed by atoms with Crippen molar-refractivity contribution in [3.05, 3.63) is 0 Å². The molecular weight excluding hydrogens is 159 g/mol. The van der Waals surface area contributed by atoms with Crippen LogP contribution in [0.1, 0.15) is 0 Å². The van der Waals surface area contributed by atoms with E-state index in [2.05, 4.69) is 0 Å². The summed E-state index contributed by atoms with van der Waals surface area (Å²) in [7, 11) is -2.40. The summed E-state index contributed by atoms with van der Waals surface area (Å²) in [4.78, 5) is -0.777. The van der Waals surface area contributed by atoms with Gasteiger partial charge in [-0.2, -0.15) is 0 Å². The van der Waals surface area contributed by atoms with Crippen molar-refractivity contribution in [1.82, 2.24) is 0 Å². The van der Waals surface area contributed by atoms with Crippen LogP contribution in [-0.2, 0) is 10.7 Å². The summed E-state index contributed by atoms with van der Waals surface area (Å²) < 4.78 is 19.4. The van der Waals surface area contributed by atoms with E-state index in [1.807, 2.05) is 0 Å². The van der Waals surface area contributed by atoms with Crippen molar-refractivity contribution >= 4 is 33.9 Å². The number of hydrogen-bond donors (Lipinski definition) is 1. The summed E-state index contributed by atoms with van der Waals surface area (Å²) >= 11 is 10.1. The molecule has 0 N–H and O–H groups in total. The van der Waals surface area contributed by atoms with Gasteiger partial charge in [-0.05, 0) is 0 Å². The van der Waals surface area contributed by atoms with E-state index in [-0.39, 0.29) is 5.75 Å². The second-order valence-electron chi connectivity index (χ2n) is 0.906. The fraction of sp³-hybridized carbons (Fsp3) is 1.00. The first-order valence-electron chi connectivity index (χ1n) is 1.53. The Hall–Kier alpha value is 0.530. The third-order valence-corrected chi connectivity index (χ3v) is 1.69. The van der Waals surface area contributed by atoms with Crippen LogP contribution in [0.4, 0.5) is 0 Å². The maximum Gasteiger partial charge on any atom is 0.142 e. The molecule has 0 amide bonds. The van der Waals surface area contributed by atoms with E-state index >= 15 is 0 Å². The van der Waals surface area contributed by atoms with Gasteiger partial charge in [0.15, 0.2) is 0 Å². The van der Waals surface area contributed by atoms with Gasteiger partial charge in [0.2, 0.25) is 0 Å². The van der Waals surface area contributed by atoms with Gasteiger partial charge in [0, 0.05) is 0 Å². The summed E-state index contributed by atoms with van der Waals surface area (Å²) in [6.45, 7) is 0. The molecular formula is C2H4Cl2O2S. The lowest BCUT2D eigenvalue weighted by atomic mass is 10.9. The van der Waals surface area contributed by atoms with Gasteiger partial charge in [-0.1, -0.05) is 0 Å². The predicted octanol–water partition coefficient (Wildman–Crippen LogP) is 0.402. The Labute approximate surface area is 53.4 Å². The number of thiol groups is 1. The van der Waals surface area contributed by atoms with Crippen LogP contribution in [0.25, 0.3) is 0 Å². The molecule has 0 unspecified atom stereocenters. The fourth-order valence-electron chi connectivity index (χ4n) is 0.113. The van der Waals surface area contributed by atoms with Crippen LogP contribution in [0.2, 0.25) is 0 Å². The number of alkyl halides is 2. The average molecular weight is 163 g/mol. The molecule has 44 valence electrons. The monoisotopic (exact) mass is 162 g/mol. The van der Waals surface area contributed by atoms with Crippen molar-refractivity contribution in [2.75, 3.05) is 5.75 Å². The minimum absolute atomic E-state index is 0.154. The van der Waals surface area contributed by atoms with Gasteiger partial charge in [0.1, 0.15) is 15.5 Å². The molecule has 0 atom stereocenters. The highest BCUT2D eigenvalue weighted by atomic mass is 35.5. The molecule has 0 aliphatic rings. The number of hydrogen-bond acceptors (Lipinski definition) is 2. The van der Waals surface area contributed by atoms with Gasteiger partial charge in [-0.3, -0.25) is 0 Å². The van der Waals surface area contributed by atoms with Crippen LogP contribution in [0.15, 0.2) is 0 Å². The molecule has 7 heavy (non-hydrogen) atoms. The van der Waals surface area contributed by atoms with E-state index in [1.165, 1.54) is 0 Å². The van der Waals surface area contributed by atoms with Crippen molar-refractivity contribution < 1.29 is 8.42 Å². The van der Waals surface area contributed by atoms with E-state index in [0.29, 0.717) is 0 Å². The summed E-state index contributed by atoms with van der Waals surface area (Å²) in [5.41, 5.74) is 0. The zero-order valence-corrected chi connectivity index (χ0v) is 5.71. The SMILES string of the molecule is O=[SH](=O)CC(Cl)Cl. The highest BCUT2D eigenvalue weighted by Gasteiger charge is 1.96. The molecule has 0 aromatic heterocycles. The summed E-state index contributed by atoms with van der Waals surface area (Å²) in [5.74, 6) is -0.154. The molecule has 0 bridgehead atoms. The molecule has 0 saturated carbocycles. The van der Waals surface area contributed by atoms with Crippen LogP contribution in [0, 0.1) is 0 Å². The summed E-state index contributed by atoms with van der Waals surface area (Å²) in [6, 6.07) is 0. The molecule has 0 rings (SSSR count). The van der Waals surface area contributed by atoms with Gasteiger partial charge in [0.25, 0.3) is 0 Å². The molecule has 0 aliphatic carbocycles. The molecule has 2 nitrogen and oxygen atoms in total. The van der Waals surface area contributed by atoms with E-state index in [9.17, 15) is 8.42 Å². The Bertz CT molecular complexity index is 100. The van der Waals surface area contributed by atoms with Crippen LogP contribution in [-0.4, -0.2) is 19.0 Å². The van der Waals surface area contributed by atoms with E-state index in [0.717, 1.165) is 0 Å². The fourth-order valence-corrected chi connectivity index (χ4v) is 1.01. The van der Waals surface area contributed by atoms with Gasteiger partial charge < -0.3 is 0 Å². The summed E-state index contributed by atoms with van der Waals surface area (Å²) in [5, 5.41) is 0. The van der Waals surface area contributed by atoms with Gasteiger partial charge in [-0.25, -0.2) is 8.42 Å². The molecule has 0 aromatic rings. The number of rotatable bonds is 2. The lowest BCUT2D eigenvalue weighted by Gasteiger charge is -1.85. The highest BCUT2D eigenvalue weighted by molar-refractivity contribution is 7.72. The first-order chi connectivity index (χ1) is 3.13. The second-order valence-corrected chi connectivity index (χ2v) is 3.21. The predicted molar refractivity (Wildman–Crippen MR) is 30.7 cm³/mol. The Morgan fingerprint density at radius 1 is 1.43 bits per heavy atom. The Kier molecular flexibility index (Phi) is 3.79. The molecule has 5 heteroatoms. The lowest BCUT2D eigenvalue weighted by molar-refractivity contribution is 0.615. The molecule has 0 heterocycles. The molecule has 0 spiro atoms. The zero-order valence-electron chi connectivity index (χ0n) is 3.30. The average Bonchev–Trinajstić information content (AvgIpc) is 1.27. The standard InChI is InChI=1S/C2H4Cl2O2S/c3-2(4)1-7(5)6/h2,7H,1H2. The molecule has 0 saturated heterocycles. The normalized spacial score (nSPS) is 10.9. The maximum absolute atomic E-state index is 9.68. The van der Waals surface area contributed by atoms with E-state index < -0.39 is 15.5 Å². The summed E-state index contributed by atoms with van der Waals surface area (Å²) in [6.07, 6.45) is 0. The maximum atomic E-state index is 9.68. The Morgan fingerprint density at radius 2 is 1.86 bits per heavy atom. The van der Waals surface area contributed by atoms with Crippen molar-refractivity contribution in [3.63, 3.8) is 0 Å². The third kappa shape index (κ3) is 6.53. The smallest absolute Gasteiger partial charge is 0.142 e. The Morgan fingerprint density at radius 3 is 1.86 bits per heavy atom. The second kappa shape index (κ2) is 3.52. The van der Waals surface area contributed by atoms with Crippen molar-refractivity contribution in [2.24, 2.45) is 0 Å². The first-order valence-corrected chi connectivity index (χ1v) is 3.76. The van der Waals surface area contributed by atoms with Crippen molar-refractivity contribution in [2.45, 2.75) is 4.84 Å². The molecule has 0 aliphatic heterocycles. The third-order valence-electron chi connectivity index (χ3n) is 0.287. The topological polar surface area (TPSA) is 34.1 Å². The van der Waals surface area contributed by atoms with Crippen molar-refractivity contribution in [3.8, 4) is 0 Å². The minimum Gasteiger partial charge on any atom is -0.232 e.